The number of carboxylic acid groups (broad SMARTS) is 1. The third-order valence-electron chi connectivity index (χ3n) is 2.33. The molecule has 0 saturated heterocycles. The maximum Gasteiger partial charge on any atom is 0.323 e. The van der Waals surface area contributed by atoms with Crippen LogP contribution in [0.5, 0.6) is 0 Å². The number of carboxylic acids is 1. The molecule has 0 aliphatic rings. The van der Waals surface area contributed by atoms with Crippen LogP contribution in [0.3, 0.4) is 0 Å². The van der Waals surface area contributed by atoms with Crippen LogP contribution in [0.15, 0.2) is 24.3 Å². The molecule has 0 aliphatic heterocycles. The van der Waals surface area contributed by atoms with Crippen LogP contribution in [0.1, 0.15) is 10.4 Å². The fourth-order valence-corrected chi connectivity index (χ4v) is 1.41. The maximum atomic E-state index is 11.9. The molecule has 0 spiro atoms. The van der Waals surface area contributed by atoms with Crippen molar-refractivity contribution in [3.05, 3.63) is 29.8 Å². The van der Waals surface area contributed by atoms with E-state index in [0.717, 1.165) is 5.69 Å². The number of likely N-dealkylation sites (N-methyl/N-ethyl adjacent to an activating group) is 1. The molecular weight excluding hydrogens is 220 g/mol. The number of benzene rings is 1. The summed E-state index contributed by atoms with van der Waals surface area (Å²) in [5, 5.41) is 8.62. The van der Waals surface area contributed by atoms with E-state index in [1.54, 1.807) is 18.2 Å². The normalized spacial score (nSPS) is 9.82. The molecule has 0 aliphatic carbocycles. The summed E-state index contributed by atoms with van der Waals surface area (Å²) in [7, 11) is 5.23. The standard InChI is InChI=1S/C12H16N2O3/c1-13(2)10-6-4-5-9(7-10)12(17)14(3)8-11(15)16/h4-7H,8H2,1-3H3,(H,15,16). The molecule has 0 aromatic heterocycles. The lowest BCUT2D eigenvalue weighted by Crippen LogP contribution is -2.32. The molecule has 5 nitrogen and oxygen atoms in total. The van der Waals surface area contributed by atoms with E-state index in [9.17, 15) is 9.59 Å². The molecule has 0 unspecified atom stereocenters. The quantitative estimate of drug-likeness (QED) is 0.844. The van der Waals surface area contributed by atoms with Crippen LogP contribution in [-0.2, 0) is 4.79 Å². The van der Waals surface area contributed by atoms with Gasteiger partial charge in [0.2, 0.25) is 0 Å². The zero-order chi connectivity index (χ0) is 13.0. The summed E-state index contributed by atoms with van der Waals surface area (Å²) in [6.07, 6.45) is 0. The molecule has 1 rings (SSSR count). The second-order valence-electron chi connectivity index (χ2n) is 4.00. The van der Waals surface area contributed by atoms with Gasteiger partial charge in [0.05, 0.1) is 0 Å². The minimum Gasteiger partial charge on any atom is -0.480 e. The molecule has 17 heavy (non-hydrogen) atoms. The number of amides is 1. The molecule has 0 atom stereocenters. The molecule has 92 valence electrons. The van der Waals surface area contributed by atoms with Gasteiger partial charge < -0.3 is 14.9 Å². The van der Waals surface area contributed by atoms with Gasteiger partial charge in [-0.05, 0) is 18.2 Å². The Morgan fingerprint density at radius 2 is 1.88 bits per heavy atom. The monoisotopic (exact) mass is 236 g/mol. The van der Waals surface area contributed by atoms with E-state index in [1.807, 2.05) is 25.1 Å². The third kappa shape index (κ3) is 3.48. The average Bonchev–Trinajstić information content (AvgIpc) is 2.27. The van der Waals surface area contributed by atoms with Gasteiger partial charge in [-0.25, -0.2) is 0 Å². The summed E-state index contributed by atoms with van der Waals surface area (Å²) in [5.74, 6) is -1.32. The molecule has 0 saturated carbocycles. The van der Waals surface area contributed by atoms with Gasteiger partial charge in [0.1, 0.15) is 6.54 Å². The Morgan fingerprint density at radius 3 is 2.41 bits per heavy atom. The second-order valence-corrected chi connectivity index (χ2v) is 4.00. The number of nitrogens with zero attached hydrogens (tertiary/aromatic N) is 2. The van der Waals surface area contributed by atoms with Crippen molar-refractivity contribution in [3.8, 4) is 0 Å². The lowest BCUT2D eigenvalue weighted by molar-refractivity contribution is -0.137. The number of anilines is 1. The molecule has 1 N–H and O–H groups in total. The van der Waals surface area contributed by atoms with Gasteiger partial charge in [-0.1, -0.05) is 6.07 Å². The minimum absolute atomic E-state index is 0.295. The van der Waals surface area contributed by atoms with Crippen LogP contribution in [0.4, 0.5) is 5.69 Å². The maximum absolute atomic E-state index is 11.9. The van der Waals surface area contributed by atoms with Gasteiger partial charge in [0, 0.05) is 32.4 Å². The Morgan fingerprint density at radius 1 is 1.24 bits per heavy atom. The summed E-state index contributed by atoms with van der Waals surface area (Å²) in [6, 6.07) is 7.07. The summed E-state index contributed by atoms with van der Waals surface area (Å²) in [4.78, 5) is 25.5. The lowest BCUT2D eigenvalue weighted by atomic mass is 10.1. The molecule has 1 aromatic rings. The smallest absolute Gasteiger partial charge is 0.323 e. The van der Waals surface area contributed by atoms with E-state index in [-0.39, 0.29) is 12.5 Å². The highest BCUT2D eigenvalue weighted by Gasteiger charge is 2.14. The first-order chi connectivity index (χ1) is 7.91. The fraction of sp³-hybridized carbons (Fsp3) is 0.333. The molecule has 0 radical (unpaired) electrons. The van der Waals surface area contributed by atoms with E-state index in [0.29, 0.717) is 5.56 Å². The molecule has 0 bridgehead atoms. The van der Waals surface area contributed by atoms with E-state index in [1.165, 1.54) is 11.9 Å². The molecule has 0 heterocycles. The van der Waals surface area contributed by atoms with E-state index in [2.05, 4.69) is 0 Å². The number of carbonyl (C=O) groups is 2. The highest BCUT2D eigenvalue weighted by atomic mass is 16.4. The molecule has 5 heteroatoms. The number of rotatable bonds is 4. The summed E-state index contributed by atoms with van der Waals surface area (Å²) in [6.45, 7) is -0.301. The van der Waals surface area contributed by atoms with Crippen LogP contribution in [-0.4, -0.2) is 49.6 Å². The predicted octanol–water partition coefficient (Wildman–Crippen LogP) is 0.909. The van der Waals surface area contributed by atoms with Crippen LogP contribution in [0.25, 0.3) is 0 Å². The topological polar surface area (TPSA) is 60.9 Å². The zero-order valence-corrected chi connectivity index (χ0v) is 10.2. The Balaban J connectivity index is 2.88. The van der Waals surface area contributed by atoms with Gasteiger partial charge in [0.15, 0.2) is 0 Å². The van der Waals surface area contributed by atoms with Crippen molar-refractivity contribution in [1.29, 1.82) is 0 Å². The molecule has 1 amide bonds. The Hall–Kier alpha value is -2.04. The fourth-order valence-electron chi connectivity index (χ4n) is 1.41. The Kier molecular flexibility index (Phi) is 4.09. The van der Waals surface area contributed by atoms with Crippen molar-refractivity contribution in [2.75, 3.05) is 32.6 Å². The van der Waals surface area contributed by atoms with Crippen molar-refractivity contribution >= 4 is 17.6 Å². The van der Waals surface area contributed by atoms with Gasteiger partial charge in [-0.2, -0.15) is 0 Å². The minimum atomic E-state index is -1.02. The first-order valence-corrected chi connectivity index (χ1v) is 5.16. The van der Waals surface area contributed by atoms with Crippen molar-refractivity contribution in [1.82, 2.24) is 4.90 Å². The van der Waals surface area contributed by atoms with Crippen LogP contribution >= 0.6 is 0 Å². The number of aliphatic carboxylic acids is 1. The van der Waals surface area contributed by atoms with Crippen LogP contribution < -0.4 is 4.90 Å². The zero-order valence-electron chi connectivity index (χ0n) is 10.2. The van der Waals surface area contributed by atoms with Crippen LogP contribution in [0.2, 0.25) is 0 Å². The molecule has 0 fully saturated rings. The average molecular weight is 236 g/mol. The van der Waals surface area contributed by atoms with Crippen LogP contribution in [0, 0.1) is 0 Å². The molecular formula is C12H16N2O3. The highest BCUT2D eigenvalue weighted by molar-refractivity contribution is 5.96. The number of hydrogen-bond acceptors (Lipinski definition) is 3. The largest absolute Gasteiger partial charge is 0.480 e. The SMILES string of the molecule is CN(CC(=O)O)C(=O)c1cccc(N(C)C)c1. The number of carbonyl (C=O) groups excluding carboxylic acids is 1. The summed E-state index contributed by atoms with van der Waals surface area (Å²) < 4.78 is 0. The summed E-state index contributed by atoms with van der Waals surface area (Å²) >= 11 is 0. The van der Waals surface area contributed by atoms with Gasteiger partial charge in [-0.15, -0.1) is 0 Å². The highest BCUT2D eigenvalue weighted by Crippen LogP contribution is 2.14. The van der Waals surface area contributed by atoms with Crippen molar-refractivity contribution < 1.29 is 14.7 Å². The first kappa shape index (κ1) is 13.0. The third-order valence-corrected chi connectivity index (χ3v) is 2.33. The van der Waals surface area contributed by atoms with Gasteiger partial charge in [-0.3, -0.25) is 9.59 Å². The van der Waals surface area contributed by atoms with Gasteiger partial charge >= 0.3 is 5.97 Å². The van der Waals surface area contributed by atoms with E-state index >= 15 is 0 Å². The van der Waals surface area contributed by atoms with Crippen molar-refractivity contribution in [2.45, 2.75) is 0 Å². The van der Waals surface area contributed by atoms with Crippen molar-refractivity contribution in [3.63, 3.8) is 0 Å². The van der Waals surface area contributed by atoms with E-state index < -0.39 is 5.97 Å². The van der Waals surface area contributed by atoms with Gasteiger partial charge in [0.25, 0.3) is 5.91 Å². The second kappa shape index (κ2) is 5.34. The molecule has 1 aromatic carbocycles. The Labute approximate surface area is 100 Å². The predicted molar refractivity (Wildman–Crippen MR) is 65.4 cm³/mol. The lowest BCUT2D eigenvalue weighted by Gasteiger charge is -2.17. The Bertz CT molecular complexity index is 430. The number of hydrogen-bond donors (Lipinski definition) is 1. The van der Waals surface area contributed by atoms with Crippen molar-refractivity contribution in [2.24, 2.45) is 0 Å². The summed E-state index contributed by atoms with van der Waals surface area (Å²) in [5.41, 5.74) is 1.39. The van der Waals surface area contributed by atoms with E-state index in [4.69, 9.17) is 5.11 Å². The first-order valence-electron chi connectivity index (χ1n) is 5.16.